The molecule has 1 aliphatic rings. The Morgan fingerprint density at radius 3 is 2.21 bits per heavy atom. The van der Waals surface area contributed by atoms with Crippen LogP contribution in [0.2, 0.25) is 0 Å². The fraction of sp³-hybridized carbons (Fsp3) is 0.500. The van der Waals surface area contributed by atoms with Gasteiger partial charge in [0.25, 0.3) is 0 Å². The zero-order chi connectivity index (χ0) is 21.3. The van der Waals surface area contributed by atoms with E-state index in [1.54, 1.807) is 39.8 Å². The predicted molar refractivity (Wildman–Crippen MR) is 102 cm³/mol. The molecule has 1 fully saturated rings. The van der Waals surface area contributed by atoms with Gasteiger partial charge in [-0.1, -0.05) is 24.3 Å². The first-order valence-electron chi connectivity index (χ1n) is 9.05. The molecule has 0 bridgehead atoms. The van der Waals surface area contributed by atoms with Crippen molar-refractivity contribution in [2.75, 3.05) is 6.61 Å². The number of benzene rings is 1. The Morgan fingerprint density at radius 1 is 1.18 bits per heavy atom. The molecule has 0 N–H and O–H groups in total. The van der Waals surface area contributed by atoms with Crippen molar-refractivity contribution >= 4 is 24.8 Å². The number of alkyl halides is 2. The lowest BCUT2D eigenvalue weighted by Crippen LogP contribution is -2.41. The summed E-state index contributed by atoms with van der Waals surface area (Å²) < 4.78 is 46.2. The number of aldehydes is 1. The highest BCUT2D eigenvalue weighted by atomic mass is 19.3. The smallest absolute Gasteiger partial charge is 0.461 e. The summed E-state index contributed by atoms with van der Waals surface area (Å²) in [5.41, 5.74) is -1.82. The van der Waals surface area contributed by atoms with Gasteiger partial charge in [0.05, 0.1) is 17.8 Å². The van der Waals surface area contributed by atoms with E-state index in [0.717, 1.165) is 6.92 Å². The topological polar surface area (TPSA) is 61.8 Å². The second kappa shape index (κ2) is 7.76. The highest BCUT2D eigenvalue weighted by molar-refractivity contribution is 6.69. The monoisotopic (exact) mass is 394 g/mol. The molecule has 1 heterocycles. The van der Waals surface area contributed by atoms with Gasteiger partial charge in [-0.2, -0.15) is 8.78 Å². The van der Waals surface area contributed by atoms with E-state index in [0.29, 0.717) is 6.29 Å². The first-order chi connectivity index (χ1) is 12.9. The van der Waals surface area contributed by atoms with Gasteiger partial charge in [-0.15, -0.1) is 0 Å². The Kier molecular flexibility index (Phi) is 6.16. The van der Waals surface area contributed by atoms with Gasteiger partial charge in [-0.05, 0) is 52.6 Å². The van der Waals surface area contributed by atoms with E-state index >= 15 is 0 Å². The molecule has 1 saturated heterocycles. The van der Waals surface area contributed by atoms with E-state index < -0.39 is 35.8 Å². The fourth-order valence-electron chi connectivity index (χ4n) is 2.86. The molecule has 0 spiro atoms. The van der Waals surface area contributed by atoms with Gasteiger partial charge >= 0.3 is 19.0 Å². The van der Waals surface area contributed by atoms with Crippen LogP contribution in [-0.4, -0.2) is 43.1 Å². The van der Waals surface area contributed by atoms with Crippen LogP contribution >= 0.6 is 0 Å². The maximum atomic E-state index is 14.9. The van der Waals surface area contributed by atoms with Crippen LogP contribution in [0, 0.1) is 0 Å². The highest BCUT2D eigenvalue weighted by Gasteiger charge is 2.55. The molecule has 1 aromatic rings. The molecule has 1 aliphatic heterocycles. The van der Waals surface area contributed by atoms with Gasteiger partial charge in [-0.3, -0.25) is 4.79 Å². The van der Waals surface area contributed by atoms with Gasteiger partial charge in [0.15, 0.2) is 6.29 Å². The minimum atomic E-state index is -3.91. The number of hydrogen-bond donors (Lipinski definition) is 0. The van der Waals surface area contributed by atoms with E-state index in [-0.39, 0.29) is 23.2 Å². The van der Waals surface area contributed by atoms with Crippen LogP contribution in [0.4, 0.5) is 8.78 Å². The molecule has 28 heavy (non-hydrogen) atoms. The van der Waals surface area contributed by atoms with Crippen LogP contribution in [0.15, 0.2) is 29.8 Å². The molecule has 8 heteroatoms. The van der Waals surface area contributed by atoms with Crippen molar-refractivity contribution in [2.45, 2.75) is 58.7 Å². The number of ether oxygens (including phenoxy) is 1. The van der Waals surface area contributed by atoms with E-state index in [2.05, 4.69) is 4.74 Å². The van der Waals surface area contributed by atoms with Crippen molar-refractivity contribution < 1.29 is 32.4 Å². The largest absolute Gasteiger partial charge is 0.495 e. The molecule has 0 radical (unpaired) electrons. The van der Waals surface area contributed by atoms with Crippen LogP contribution in [0.1, 0.15) is 57.5 Å². The van der Waals surface area contributed by atoms with Gasteiger partial charge in [-0.25, -0.2) is 4.79 Å². The standard InChI is InChI=1S/C20H25BF2O5/c1-7-26-17(25)20(22,23)13(2)16(15-11-9-8-10-14(15)12-24)21-27-18(3,4)19(5,6)28-21/h8-12H,7H2,1-6H3/b16-13+. The normalized spacial score (nSPS) is 19.2. The summed E-state index contributed by atoms with van der Waals surface area (Å²) >= 11 is 0. The minimum Gasteiger partial charge on any atom is -0.461 e. The third kappa shape index (κ3) is 3.89. The third-order valence-electron chi connectivity index (χ3n) is 5.27. The summed E-state index contributed by atoms with van der Waals surface area (Å²) in [7, 11) is -1.19. The molecule has 0 saturated carbocycles. The van der Waals surface area contributed by atoms with Crippen LogP contribution in [0.5, 0.6) is 0 Å². The average Bonchev–Trinajstić information content (AvgIpc) is 2.82. The van der Waals surface area contributed by atoms with Gasteiger partial charge in [0, 0.05) is 11.1 Å². The summed E-state index contributed by atoms with van der Waals surface area (Å²) in [5, 5.41) is 0. The number of carbonyl (C=O) groups excluding carboxylic acids is 2. The summed E-state index contributed by atoms with van der Waals surface area (Å²) in [4.78, 5) is 23.4. The Morgan fingerprint density at radius 2 is 1.71 bits per heavy atom. The third-order valence-corrected chi connectivity index (χ3v) is 5.27. The van der Waals surface area contributed by atoms with Crippen LogP contribution in [0.25, 0.3) is 5.47 Å². The summed E-state index contributed by atoms with van der Waals surface area (Å²) in [6.45, 7) is 9.54. The summed E-state index contributed by atoms with van der Waals surface area (Å²) in [6, 6.07) is 6.26. The van der Waals surface area contributed by atoms with E-state index in [9.17, 15) is 18.4 Å². The fourth-order valence-corrected chi connectivity index (χ4v) is 2.86. The zero-order valence-electron chi connectivity index (χ0n) is 17.0. The zero-order valence-corrected chi connectivity index (χ0v) is 17.0. The Hall–Kier alpha value is -2.06. The Labute approximate surface area is 164 Å². The van der Waals surface area contributed by atoms with Crippen molar-refractivity contribution in [3.8, 4) is 0 Å². The second-order valence-corrected chi connectivity index (χ2v) is 7.63. The average molecular weight is 394 g/mol. The van der Waals surface area contributed by atoms with Crippen molar-refractivity contribution in [3.05, 3.63) is 41.0 Å². The maximum absolute atomic E-state index is 14.9. The van der Waals surface area contributed by atoms with Gasteiger partial charge < -0.3 is 14.0 Å². The first-order valence-corrected chi connectivity index (χ1v) is 9.05. The van der Waals surface area contributed by atoms with Crippen LogP contribution in [0.3, 0.4) is 0 Å². The molecule has 5 nitrogen and oxygen atoms in total. The molecular formula is C20H25BF2O5. The van der Waals surface area contributed by atoms with Crippen molar-refractivity contribution in [1.82, 2.24) is 0 Å². The molecule has 0 amide bonds. The maximum Gasteiger partial charge on any atom is 0.495 e. The molecule has 0 aromatic heterocycles. The number of hydrogen-bond acceptors (Lipinski definition) is 5. The molecule has 152 valence electrons. The number of halogens is 2. The Balaban J connectivity index is 2.71. The quantitative estimate of drug-likeness (QED) is 0.413. The van der Waals surface area contributed by atoms with Gasteiger partial charge in [0.1, 0.15) is 0 Å². The lowest BCUT2D eigenvalue weighted by Gasteiger charge is -2.32. The summed E-state index contributed by atoms with van der Waals surface area (Å²) in [6.07, 6.45) is 0.566. The number of esters is 1. The SMILES string of the molecule is CCOC(=O)C(F)(F)/C(C)=C(/B1OC(C)(C)C(C)(C)O1)c1ccccc1C=O. The highest BCUT2D eigenvalue weighted by Crippen LogP contribution is 2.43. The van der Waals surface area contributed by atoms with Crippen molar-refractivity contribution in [3.63, 3.8) is 0 Å². The molecule has 2 rings (SSSR count). The first kappa shape index (κ1) is 22.2. The second-order valence-electron chi connectivity index (χ2n) is 7.63. The van der Waals surface area contributed by atoms with Crippen molar-refractivity contribution in [1.29, 1.82) is 0 Å². The number of carbonyl (C=O) groups is 2. The lowest BCUT2D eigenvalue weighted by molar-refractivity contribution is -0.165. The molecule has 0 aliphatic carbocycles. The molecule has 0 unspecified atom stereocenters. The van der Waals surface area contributed by atoms with Crippen LogP contribution < -0.4 is 0 Å². The van der Waals surface area contributed by atoms with E-state index in [4.69, 9.17) is 9.31 Å². The van der Waals surface area contributed by atoms with E-state index in [1.807, 2.05) is 0 Å². The van der Waals surface area contributed by atoms with Crippen molar-refractivity contribution in [2.24, 2.45) is 0 Å². The molecular weight excluding hydrogens is 369 g/mol. The molecule has 0 atom stereocenters. The minimum absolute atomic E-state index is 0.0561. The Bertz CT molecular complexity index is 786. The molecule has 1 aromatic carbocycles. The van der Waals surface area contributed by atoms with E-state index in [1.165, 1.54) is 19.1 Å². The number of rotatable bonds is 6. The summed E-state index contributed by atoms with van der Waals surface area (Å²) in [5.74, 6) is -5.57. The predicted octanol–water partition coefficient (Wildman–Crippen LogP) is 4.10. The van der Waals surface area contributed by atoms with Gasteiger partial charge in [0.2, 0.25) is 0 Å². The van der Waals surface area contributed by atoms with Crippen LogP contribution in [-0.2, 0) is 18.8 Å². The lowest BCUT2D eigenvalue weighted by atomic mass is 9.69.